The maximum Gasteiger partial charge on any atom is 0.244 e. The number of aromatic nitrogens is 1. The summed E-state index contributed by atoms with van der Waals surface area (Å²) < 4.78 is 25.0. The van der Waals surface area contributed by atoms with Crippen LogP contribution < -0.4 is 4.90 Å². The van der Waals surface area contributed by atoms with Crippen molar-refractivity contribution in [3.8, 4) is 0 Å². The summed E-state index contributed by atoms with van der Waals surface area (Å²) in [6, 6.07) is 3.36. The first-order valence-electron chi connectivity index (χ1n) is 6.13. The standard InChI is InChI=1S/C12H20BrN3O2S/c1-4-8-16(9-7-13)12-6-5-11(10-14-12)19(17,18)15(2)3/h5-6,10H,4,7-9H2,1-3H3. The summed E-state index contributed by atoms with van der Waals surface area (Å²) in [5.41, 5.74) is 0. The smallest absolute Gasteiger partial charge is 0.244 e. The topological polar surface area (TPSA) is 53.5 Å². The van der Waals surface area contributed by atoms with E-state index in [9.17, 15) is 8.42 Å². The lowest BCUT2D eigenvalue weighted by Gasteiger charge is -2.22. The van der Waals surface area contributed by atoms with Crippen LogP contribution in [-0.4, -0.2) is 50.2 Å². The second-order valence-electron chi connectivity index (χ2n) is 4.32. The minimum Gasteiger partial charge on any atom is -0.356 e. The molecule has 0 amide bonds. The second-order valence-corrected chi connectivity index (χ2v) is 7.26. The number of rotatable bonds is 7. The molecule has 0 fully saturated rings. The molecule has 1 rings (SSSR count). The molecule has 0 saturated carbocycles. The Bertz CT molecular complexity index is 482. The van der Waals surface area contributed by atoms with Crippen molar-refractivity contribution in [2.24, 2.45) is 0 Å². The average molecular weight is 350 g/mol. The molecule has 0 aliphatic rings. The van der Waals surface area contributed by atoms with E-state index in [0.717, 1.165) is 30.7 Å². The van der Waals surface area contributed by atoms with Crippen LogP contribution in [0.4, 0.5) is 5.82 Å². The van der Waals surface area contributed by atoms with E-state index in [1.807, 2.05) is 0 Å². The van der Waals surface area contributed by atoms with Gasteiger partial charge >= 0.3 is 0 Å². The Hall–Kier alpha value is -0.660. The number of alkyl halides is 1. The SMILES string of the molecule is CCCN(CCBr)c1ccc(S(=O)(=O)N(C)C)cn1. The molecular weight excluding hydrogens is 330 g/mol. The lowest BCUT2D eigenvalue weighted by Crippen LogP contribution is -2.27. The normalized spacial score (nSPS) is 11.8. The summed E-state index contributed by atoms with van der Waals surface area (Å²) in [6.07, 6.45) is 2.44. The van der Waals surface area contributed by atoms with Gasteiger partial charge in [-0.15, -0.1) is 0 Å². The molecular formula is C12H20BrN3O2S. The zero-order valence-electron chi connectivity index (χ0n) is 11.5. The molecule has 1 aromatic heterocycles. The summed E-state index contributed by atoms with van der Waals surface area (Å²) in [4.78, 5) is 6.61. The summed E-state index contributed by atoms with van der Waals surface area (Å²) in [5.74, 6) is 0.805. The molecule has 0 atom stereocenters. The zero-order chi connectivity index (χ0) is 14.5. The molecule has 0 N–H and O–H groups in total. The maximum atomic E-state index is 11.9. The summed E-state index contributed by atoms with van der Waals surface area (Å²) in [5, 5.41) is 0.854. The first kappa shape index (κ1) is 16.4. The van der Waals surface area contributed by atoms with Crippen molar-refractivity contribution in [2.75, 3.05) is 37.4 Å². The van der Waals surface area contributed by atoms with Gasteiger partial charge in [0, 0.05) is 38.7 Å². The van der Waals surface area contributed by atoms with Crippen LogP contribution in [0.3, 0.4) is 0 Å². The van der Waals surface area contributed by atoms with E-state index in [2.05, 4.69) is 32.7 Å². The van der Waals surface area contributed by atoms with Gasteiger partial charge in [0.15, 0.2) is 0 Å². The number of hydrogen-bond acceptors (Lipinski definition) is 4. The lowest BCUT2D eigenvalue weighted by molar-refractivity contribution is 0.520. The average Bonchev–Trinajstić information content (AvgIpc) is 2.38. The highest BCUT2D eigenvalue weighted by Crippen LogP contribution is 2.17. The number of halogens is 1. The van der Waals surface area contributed by atoms with Crippen molar-refractivity contribution in [2.45, 2.75) is 18.2 Å². The van der Waals surface area contributed by atoms with E-state index < -0.39 is 10.0 Å². The first-order valence-corrected chi connectivity index (χ1v) is 8.69. The number of hydrogen-bond donors (Lipinski definition) is 0. The Labute approximate surface area is 123 Å². The summed E-state index contributed by atoms with van der Waals surface area (Å²) >= 11 is 3.41. The third kappa shape index (κ3) is 4.15. The molecule has 0 unspecified atom stereocenters. The van der Waals surface area contributed by atoms with Gasteiger partial charge in [-0.2, -0.15) is 0 Å². The number of nitrogens with zero attached hydrogens (tertiary/aromatic N) is 3. The van der Waals surface area contributed by atoms with Crippen molar-refractivity contribution in [1.82, 2.24) is 9.29 Å². The van der Waals surface area contributed by atoms with Crippen molar-refractivity contribution in [3.63, 3.8) is 0 Å². The van der Waals surface area contributed by atoms with E-state index >= 15 is 0 Å². The summed E-state index contributed by atoms with van der Waals surface area (Å²) in [7, 11) is -0.378. The van der Waals surface area contributed by atoms with Crippen LogP contribution >= 0.6 is 15.9 Å². The molecule has 0 aliphatic carbocycles. The number of pyridine rings is 1. The monoisotopic (exact) mass is 349 g/mol. The van der Waals surface area contributed by atoms with E-state index in [4.69, 9.17) is 0 Å². The molecule has 19 heavy (non-hydrogen) atoms. The van der Waals surface area contributed by atoms with Crippen LogP contribution in [0.1, 0.15) is 13.3 Å². The highest BCUT2D eigenvalue weighted by molar-refractivity contribution is 9.09. The Morgan fingerprint density at radius 3 is 2.37 bits per heavy atom. The van der Waals surface area contributed by atoms with Crippen LogP contribution in [0.2, 0.25) is 0 Å². The second kappa shape index (κ2) is 7.21. The van der Waals surface area contributed by atoms with Crippen molar-refractivity contribution in [1.29, 1.82) is 0 Å². The van der Waals surface area contributed by atoms with Crippen molar-refractivity contribution >= 4 is 31.8 Å². The molecule has 0 aromatic carbocycles. The number of sulfonamides is 1. The first-order chi connectivity index (χ1) is 8.93. The lowest BCUT2D eigenvalue weighted by atomic mass is 10.3. The van der Waals surface area contributed by atoms with Crippen LogP contribution in [0.15, 0.2) is 23.2 Å². The molecule has 1 heterocycles. The van der Waals surface area contributed by atoms with E-state index in [0.29, 0.717) is 0 Å². The molecule has 0 spiro atoms. The van der Waals surface area contributed by atoms with Crippen molar-refractivity contribution in [3.05, 3.63) is 18.3 Å². The fourth-order valence-electron chi connectivity index (χ4n) is 1.64. The summed E-state index contributed by atoms with van der Waals surface area (Å²) in [6.45, 7) is 3.85. The van der Waals surface area contributed by atoms with Gasteiger partial charge in [0.05, 0.1) is 0 Å². The maximum absolute atomic E-state index is 11.9. The van der Waals surface area contributed by atoms with Crippen molar-refractivity contribution < 1.29 is 8.42 Å². The zero-order valence-corrected chi connectivity index (χ0v) is 13.9. The van der Waals surface area contributed by atoms with Gasteiger partial charge in [0.25, 0.3) is 0 Å². The molecule has 108 valence electrons. The van der Waals surface area contributed by atoms with Gasteiger partial charge < -0.3 is 4.90 Å². The highest BCUT2D eigenvalue weighted by Gasteiger charge is 2.18. The molecule has 7 heteroatoms. The predicted octanol–water partition coefficient (Wildman–Crippen LogP) is 1.94. The van der Waals surface area contributed by atoms with Crippen LogP contribution in [0.5, 0.6) is 0 Å². The predicted molar refractivity (Wildman–Crippen MR) is 81.4 cm³/mol. The van der Waals surface area contributed by atoms with E-state index in [1.165, 1.54) is 24.6 Å². The van der Waals surface area contributed by atoms with Crippen LogP contribution in [-0.2, 0) is 10.0 Å². The van der Waals surface area contributed by atoms with Crippen LogP contribution in [0, 0.1) is 0 Å². The van der Waals surface area contributed by atoms with Gasteiger partial charge in [-0.1, -0.05) is 22.9 Å². The molecule has 0 saturated heterocycles. The minimum absolute atomic E-state index is 0.219. The Kier molecular flexibility index (Phi) is 6.22. The Morgan fingerprint density at radius 2 is 1.95 bits per heavy atom. The molecule has 0 aliphatic heterocycles. The third-order valence-corrected chi connectivity index (χ3v) is 4.82. The van der Waals surface area contributed by atoms with Gasteiger partial charge in [0.1, 0.15) is 10.7 Å². The van der Waals surface area contributed by atoms with Crippen LogP contribution in [0.25, 0.3) is 0 Å². The quantitative estimate of drug-likeness (QED) is 0.706. The fourth-order valence-corrected chi connectivity index (χ4v) is 2.91. The third-order valence-electron chi connectivity index (χ3n) is 2.67. The Balaban J connectivity index is 2.98. The van der Waals surface area contributed by atoms with E-state index in [-0.39, 0.29) is 4.90 Å². The Morgan fingerprint density at radius 1 is 1.26 bits per heavy atom. The number of anilines is 1. The fraction of sp³-hybridized carbons (Fsp3) is 0.583. The molecule has 0 radical (unpaired) electrons. The van der Waals surface area contributed by atoms with Gasteiger partial charge in [0.2, 0.25) is 10.0 Å². The van der Waals surface area contributed by atoms with E-state index in [1.54, 1.807) is 12.1 Å². The largest absolute Gasteiger partial charge is 0.356 e. The van der Waals surface area contributed by atoms with Gasteiger partial charge in [-0.05, 0) is 18.6 Å². The van der Waals surface area contributed by atoms with Gasteiger partial charge in [-0.3, -0.25) is 0 Å². The van der Waals surface area contributed by atoms with Gasteiger partial charge in [-0.25, -0.2) is 17.7 Å². The highest BCUT2D eigenvalue weighted by atomic mass is 79.9. The molecule has 5 nitrogen and oxygen atoms in total. The molecule has 1 aromatic rings. The minimum atomic E-state index is -3.40. The molecule has 0 bridgehead atoms.